The van der Waals surface area contributed by atoms with Crippen molar-refractivity contribution < 1.29 is 9.53 Å². The lowest BCUT2D eigenvalue weighted by molar-refractivity contribution is -0.124. The first-order chi connectivity index (χ1) is 5.68. The molecule has 0 rings (SSSR count). The van der Waals surface area contributed by atoms with Crippen molar-refractivity contribution in [2.24, 2.45) is 5.73 Å². The number of carbonyl (C=O) groups excluding carboxylic acids is 1. The summed E-state index contributed by atoms with van der Waals surface area (Å²) in [6.07, 6.45) is 4.55. The number of unbranched alkanes of at least 4 members (excludes halogenated alkanes) is 3. The largest absolute Gasteiger partial charge is 0.367 e. The van der Waals surface area contributed by atoms with Gasteiger partial charge in [-0.2, -0.15) is 0 Å². The number of rotatable bonds is 7. The van der Waals surface area contributed by atoms with Gasteiger partial charge in [0.1, 0.15) is 0 Å². The molecule has 0 aliphatic heterocycles. The molecule has 0 bridgehead atoms. The zero-order chi connectivity index (χ0) is 9.40. The summed E-state index contributed by atoms with van der Waals surface area (Å²) in [6.45, 7) is 2.75. The molecule has 72 valence electrons. The van der Waals surface area contributed by atoms with Crippen molar-refractivity contribution in [2.45, 2.75) is 37.6 Å². The quantitative estimate of drug-likeness (QED) is 0.543. The first kappa shape index (κ1) is 11.9. The Hall–Kier alpha value is -0.0900. The topological polar surface area (TPSA) is 52.3 Å². The summed E-state index contributed by atoms with van der Waals surface area (Å²) in [5.41, 5.74) is 4.97. The van der Waals surface area contributed by atoms with Crippen LogP contribution in [0.25, 0.3) is 0 Å². The molecule has 0 saturated heterocycles. The van der Waals surface area contributed by atoms with Gasteiger partial charge in [0.2, 0.25) is 0 Å². The summed E-state index contributed by atoms with van der Waals surface area (Å²) in [4.78, 5) is 10.5. The molecule has 0 aliphatic rings. The molecule has 0 fully saturated rings. The molecule has 1 amide bonds. The molecule has 4 heteroatoms. The summed E-state index contributed by atoms with van der Waals surface area (Å²) in [5.74, 6) is -0.467. The van der Waals surface area contributed by atoms with Crippen molar-refractivity contribution in [3.63, 3.8) is 0 Å². The van der Waals surface area contributed by atoms with Crippen LogP contribution in [0.2, 0.25) is 0 Å². The molecule has 3 nitrogen and oxygen atoms in total. The van der Waals surface area contributed by atoms with Crippen LogP contribution in [-0.2, 0) is 9.53 Å². The van der Waals surface area contributed by atoms with Crippen LogP contribution in [0.4, 0.5) is 0 Å². The van der Waals surface area contributed by atoms with Gasteiger partial charge in [0, 0.05) is 6.61 Å². The van der Waals surface area contributed by atoms with Crippen molar-refractivity contribution >= 4 is 21.8 Å². The second-order valence-corrected chi connectivity index (χ2v) is 3.48. The van der Waals surface area contributed by atoms with Gasteiger partial charge in [-0.1, -0.05) is 26.2 Å². The minimum absolute atomic E-state index is 0.467. The van der Waals surface area contributed by atoms with Crippen molar-refractivity contribution in [3.8, 4) is 0 Å². The highest BCUT2D eigenvalue weighted by atomic mass is 79.9. The molecule has 0 aromatic carbocycles. The number of nitrogens with two attached hydrogens (primary N) is 1. The van der Waals surface area contributed by atoms with E-state index in [1.165, 1.54) is 12.8 Å². The lowest BCUT2D eigenvalue weighted by Gasteiger charge is -2.06. The first-order valence-corrected chi connectivity index (χ1v) is 5.15. The Morgan fingerprint density at radius 3 is 2.67 bits per heavy atom. The third-order valence-electron chi connectivity index (χ3n) is 1.49. The number of ether oxygens (including phenoxy) is 1. The highest BCUT2D eigenvalue weighted by Crippen LogP contribution is 2.04. The minimum atomic E-state index is -0.626. The molecule has 0 aromatic heterocycles. The number of primary amides is 1. The number of hydrogen-bond donors (Lipinski definition) is 1. The molecule has 12 heavy (non-hydrogen) atoms. The second-order valence-electron chi connectivity index (χ2n) is 2.65. The fraction of sp³-hybridized carbons (Fsp3) is 0.875. The van der Waals surface area contributed by atoms with E-state index in [1.807, 2.05) is 0 Å². The van der Waals surface area contributed by atoms with E-state index in [9.17, 15) is 4.79 Å². The molecule has 0 aliphatic carbocycles. The van der Waals surface area contributed by atoms with E-state index >= 15 is 0 Å². The Balaban J connectivity index is 3.14. The molecule has 0 aromatic rings. The maximum atomic E-state index is 10.5. The average molecular weight is 238 g/mol. The summed E-state index contributed by atoms with van der Waals surface area (Å²) in [6, 6.07) is 0. The van der Waals surface area contributed by atoms with E-state index in [2.05, 4.69) is 22.9 Å². The monoisotopic (exact) mass is 237 g/mol. The summed E-state index contributed by atoms with van der Waals surface area (Å²) in [7, 11) is 0. The Morgan fingerprint density at radius 1 is 1.50 bits per heavy atom. The molecule has 0 radical (unpaired) electrons. The Bertz CT molecular complexity index is 130. The fourth-order valence-corrected chi connectivity index (χ4v) is 0.985. The van der Waals surface area contributed by atoms with Crippen molar-refractivity contribution in [1.29, 1.82) is 0 Å². The van der Waals surface area contributed by atoms with Crippen LogP contribution in [0.1, 0.15) is 32.6 Å². The predicted octanol–water partition coefficient (Wildman–Crippen LogP) is 1.79. The SMILES string of the molecule is CCCCCCOC(Br)C(N)=O. The van der Waals surface area contributed by atoms with Crippen molar-refractivity contribution in [2.75, 3.05) is 6.61 Å². The van der Waals surface area contributed by atoms with E-state index < -0.39 is 10.9 Å². The molecule has 0 heterocycles. The summed E-state index contributed by atoms with van der Waals surface area (Å²) in [5, 5.41) is -0.626. The van der Waals surface area contributed by atoms with E-state index in [0.29, 0.717) is 6.61 Å². The second kappa shape index (κ2) is 7.55. The smallest absolute Gasteiger partial charge is 0.257 e. The number of halogens is 1. The van der Waals surface area contributed by atoms with Crippen LogP contribution in [0, 0.1) is 0 Å². The predicted molar refractivity (Wildman–Crippen MR) is 52.0 cm³/mol. The van der Waals surface area contributed by atoms with Gasteiger partial charge in [-0.15, -0.1) is 0 Å². The maximum Gasteiger partial charge on any atom is 0.257 e. The lowest BCUT2D eigenvalue weighted by atomic mass is 10.2. The Morgan fingerprint density at radius 2 is 2.17 bits per heavy atom. The number of hydrogen-bond acceptors (Lipinski definition) is 2. The van der Waals surface area contributed by atoms with Gasteiger partial charge < -0.3 is 10.5 Å². The van der Waals surface area contributed by atoms with Gasteiger partial charge >= 0.3 is 0 Å². The van der Waals surface area contributed by atoms with E-state index in [4.69, 9.17) is 10.5 Å². The van der Waals surface area contributed by atoms with Crippen LogP contribution in [0.15, 0.2) is 0 Å². The minimum Gasteiger partial charge on any atom is -0.367 e. The van der Waals surface area contributed by atoms with Crippen LogP contribution >= 0.6 is 15.9 Å². The van der Waals surface area contributed by atoms with Crippen LogP contribution < -0.4 is 5.73 Å². The number of amides is 1. The number of alkyl halides is 1. The molecule has 0 spiro atoms. The van der Waals surface area contributed by atoms with Gasteiger partial charge in [0.05, 0.1) is 0 Å². The zero-order valence-corrected chi connectivity index (χ0v) is 8.97. The zero-order valence-electron chi connectivity index (χ0n) is 7.38. The average Bonchev–Trinajstić information content (AvgIpc) is 2.03. The molecular formula is C8H16BrNO2. The lowest BCUT2D eigenvalue weighted by Crippen LogP contribution is -2.25. The third-order valence-corrected chi connectivity index (χ3v) is 2.20. The van der Waals surface area contributed by atoms with Crippen LogP contribution in [-0.4, -0.2) is 17.5 Å². The van der Waals surface area contributed by atoms with E-state index in [-0.39, 0.29) is 0 Å². The molecule has 1 atom stereocenters. The highest BCUT2D eigenvalue weighted by molar-refractivity contribution is 9.09. The molecule has 1 unspecified atom stereocenters. The van der Waals surface area contributed by atoms with E-state index in [1.54, 1.807) is 0 Å². The van der Waals surface area contributed by atoms with Crippen LogP contribution in [0.5, 0.6) is 0 Å². The van der Waals surface area contributed by atoms with Crippen molar-refractivity contribution in [3.05, 3.63) is 0 Å². The molecule has 0 saturated carbocycles. The Kier molecular flexibility index (Phi) is 7.50. The van der Waals surface area contributed by atoms with E-state index in [0.717, 1.165) is 12.8 Å². The Labute approximate surface area is 81.8 Å². The maximum absolute atomic E-state index is 10.5. The van der Waals surface area contributed by atoms with Crippen molar-refractivity contribution in [1.82, 2.24) is 0 Å². The fourth-order valence-electron chi connectivity index (χ4n) is 0.798. The van der Waals surface area contributed by atoms with Gasteiger partial charge in [0.15, 0.2) is 5.01 Å². The standard InChI is InChI=1S/C8H16BrNO2/c1-2-3-4-5-6-12-7(9)8(10)11/h7H,2-6H2,1H3,(H2,10,11). The van der Waals surface area contributed by atoms with Gasteiger partial charge in [-0.3, -0.25) is 4.79 Å². The van der Waals surface area contributed by atoms with Gasteiger partial charge in [-0.05, 0) is 22.4 Å². The highest BCUT2D eigenvalue weighted by Gasteiger charge is 2.09. The van der Waals surface area contributed by atoms with Gasteiger partial charge in [0.25, 0.3) is 5.91 Å². The molecule has 2 N–H and O–H groups in total. The van der Waals surface area contributed by atoms with Crippen LogP contribution in [0.3, 0.4) is 0 Å². The summed E-state index contributed by atoms with van der Waals surface area (Å²) >= 11 is 3.01. The number of carbonyl (C=O) groups is 1. The normalized spacial score (nSPS) is 12.8. The van der Waals surface area contributed by atoms with Gasteiger partial charge in [-0.25, -0.2) is 0 Å². The summed E-state index contributed by atoms with van der Waals surface area (Å²) < 4.78 is 5.09. The third kappa shape index (κ3) is 6.61. The molecular weight excluding hydrogens is 222 g/mol. The first-order valence-electron chi connectivity index (χ1n) is 4.23.